The van der Waals surface area contributed by atoms with E-state index in [2.05, 4.69) is 0 Å². The van der Waals surface area contributed by atoms with Gasteiger partial charge in [-0.15, -0.1) is 11.3 Å². The first kappa shape index (κ1) is 22.7. The third kappa shape index (κ3) is 4.28. The van der Waals surface area contributed by atoms with E-state index in [1.54, 1.807) is 29.5 Å². The minimum Gasteiger partial charge on any atom is -0.494 e. The molecule has 0 spiro atoms. The van der Waals surface area contributed by atoms with E-state index in [-0.39, 0.29) is 16.2 Å². The number of ether oxygens (including phenoxy) is 2. The maximum atomic E-state index is 13.9. The fourth-order valence-corrected chi connectivity index (χ4v) is 8.19. The van der Waals surface area contributed by atoms with Crippen LogP contribution >= 0.6 is 22.7 Å². The summed E-state index contributed by atoms with van der Waals surface area (Å²) < 4.78 is 40.3. The van der Waals surface area contributed by atoms with Gasteiger partial charge in [0.25, 0.3) is 10.0 Å². The average Bonchev–Trinajstić information content (AvgIpc) is 3.63. The van der Waals surface area contributed by atoms with Crippen molar-refractivity contribution in [3.8, 4) is 5.75 Å². The molecule has 4 heterocycles. The Labute approximate surface area is 200 Å². The van der Waals surface area contributed by atoms with Gasteiger partial charge in [0.05, 0.1) is 24.5 Å². The summed E-state index contributed by atoms with van der Waals surface area (Å²) in [5.41, 5.74) is 0.694. The van der Waals surface area contributed by atoms with Crippen LogP contribution in [0.15, 0.2) is 39.9 Å². The van der Waals surface area contributed by atoms with Crippen molar-refractivity contribution in [1.82, 2.24) is 9.29 Å². The number of anilines is 1. The Morgan fingerprint density at radius 3 is 2.88 bits per heavy atom. The summed E-state index contributed by atoms with van der Waals surface area (Å²) in [5.74, 6) is 0.392. The highest BCUT2D eigenvalue weighted by molar-refractivity contribution is 7.91. The number of thiazole rings is 1. The second kappa shape index (κ2) is 9.30. The van der Waals surface area contributed by atoms with Gasteiger partial charge >= 0.3 is 0 Å². The molecule has 0 bridgehead atoms. The highest BCUT2D eigenvalue weighted by atomic mass is 32.2. The number of carbonyl (C=O) groups is 1. The van der Waals surface area contributed by atoms with Crippen LogP contribution in [0.3, 0.4) is 0 Å². The number of hydrogen-bond donors (Lipinski definition) is 0. The Morgan fingerprint density at radius 2 is 2.15 bits per heavy atom. The van der Waals surface area contributed by atoms with Crippen molar-refractivity contribution >= 4 is 54.0 Å². The van der Waals surface area contributed by atoms with E-state index in [1.165, 1.54) is 27.0 Å². The number of para-hydroxylation sites is 1. The third-order valence-corrected chi connectivity index (χ3v) is 10.4. The fraction of sp³-hybridized carbons (Fsp3) is 0.455. The molecule has 0 N–H and O–H groups in total. The van der Waals surface area contributed by atoms with Gasteiger partial charge in [0, 0.05) is 13.2 Å². The highest BCUT2D eigenvalue weighted by Crippen LogP contribution is 2.36. The molecule has 2 aromatic heterocycles. The molecular weight excluding hydrogens is 482 g/mol. The van der Waals surface area contributed by atoms with Crippen molar-refractivity contribution in [2.24, 2.45) is 0 Å². The number of amides is 1. The lowest BCUT2D eigenvalue weighted by Gasteiger charge is -2.29. The zero-order chi connectivity index (χ0) is 23.0. The van der Waals surface area contributed by atoms with Crippen LogP contribution in [0, 0.1) is 0 Å². The number of fused-ring (bicyclic) bond motifs is 1. The lowest BCUT2D eigenvalue weighted by molar-refractivity contribution is -0.122. The van der Waals surface area contributed by atoms with Crippen molar-refractivity contribution in [2.75, 3.05) is 31.7 Å². The summed E-state index contributed by atoms with van der Waals surface area (Å²) >= 11 is 2.57. The summed E-state index contributed by atoms with van der Waals surface area (Å²) in [6, 6.07) is 8.21. The molecule has 1 aromatic carbocycles. The molecule has 2 aliphatic rings. The van der Waals surface area contributed by atoms with Gasteiger partial charge in [-0.05, 0) is 49.3 Å². The van der Waals surface area contributed by atoms with E-state index in [0.717, 1.165) is 17.5 Å². The standard InChI is InChI=1S/C22H25N3O5S3/c1-29-17-8-2-9-18-20(17)23-22(32-18)24(14-15-6-4-12-30-15)21(26)16-7-3-11-25(16)33(27,28)19-10-5-13-31-19/h2,5,8-10,13,15-16H,3-4,6-7,11-12,14H2,1H3. The van der Waals surface area contributed by atoms with Gasteiger partial charge in [-0.3, -0.25) is 9.69 Å². The maximum Gasteiger partial charge on any atom is 0.253 e. The zero-order valence-corrected chi connectivity index (χ0v) is 20.6. The fourth-order valence-electron chi connectivity index (χ4n) is 4.43. The van der Waals surface area contributed by atoms with Gasteiger partial charge in [-0.1, -0.05) is 23.5 Å². The number of methoxy groups -OCH3 is 1. The average molecular weight is 508 g/mol. The summed E-state index contributed by atoms with van der Waals surface area (Å²) in [5, 5.41) is 2.27. The Morgan fingerprint density at radius 1 is 1.27 bits per heavy atom. The summed E-state index contributed by atoms with van der Waals surface area (Å²) in [7, 11) is -2.14. The number of carbonyl (C=O) groups excluding carboxylic acids is 1. The quantitative estimate of drug-likeness (QED) is 0.484. The Hall–Kier alpha value is -2.05. The number of hydrogen-bond acceptors (Lipinski definition) is 8. The Balaban J connectivity index is 1.50. The number of benzene rings is 1. The Kier molecular flexibility index (Phi) is 6.41. The van der Waals surface area contributed by atoms with Crippen LogP contribution in [-0.4, -0.2) is 62.6 Å². The SMILES string of the molecule is COc1cccc2sc(N(CC3CCCO3)C(=O)C3CCCN3S(=O)(=O)c3cccs3)nc12. The molecule has 11 heteroatoms. The first-order chi connectivity index (χ1) is 16.0. The topological polar surface area (TPSA) is 89.0 Å². The van der Waals surface area contributed by atoms with E-state index < -0.39 is 16.1 Å². The molecule has 1 amide bonds. The van der Waals surface area contributed by atoms with Crippen molar-refractivity contribution < 1.29 is 22.7 Å². The molecular formula is C22H25N3O5S3. The molecule has 33 heavy (non-hydrogen) atoms. The minimum absolute atomic E-state index is 0.0911. The second-order valence-corrected chi connectivity index (χ2v) is 12.2. The molecule has 8 nitrogen and oxygen atoms in total. The van der Waals surface area contributed by atoms with Gasteiger partial charge in [0.15, 0.2) is 5.13 Å². The minimum atomic E-state index is -3.73. The number of rotatable bonds is 7. The molecule has 2 saturated heterocycles. The van der Waals surface area contributed by atoms with E-state index in [9.17, 15) is 13.2 Å². The van der Waals surface area contributed by atoms with Gasteiger partial charge in [0.1, 0.15) is 21.5 Å². The summed E-state index contributed by atoms with van der Waals surface area (Å²) in [4.78, 5) is 20.3. The van der Waals surface area contributed by atoms with Crippen molar-refractivity contribution in [3.63, 3.8) is 0 Å². The first-order valence-corrected chi connectivity index (χ1v) is 14.0. The smallest absolute Gasteiger partial charge is 0.253 e. The maximum absolute atomic E-state index is 13.9. The summed E-state index contributed by atoms with van der Waals surface area (Å²) in [6.45, 7) is 1.35. The lowest BCUT2D eigenvalue weighted by atomic mass is 10.2. The van der Waals surface area contributed by atoms with E-state index in [4.69, 9.17) is 14.5 Å². The normalized spacial score (nSPS) is 21.6. The van der Waals surface area contributed by atoms with Gasteiger partial charge in [-0.2, -0.15) is 4.31 Å². The molecule has 5 rings (SSSR count). The molecule has 2 unspecified atom stereocenters. The third-order valence-electron chi connectivity index (χ3n) is 6.04. The summed E-state index contributed by atoms with van der Waals surface area (Å²) in [6.07, 6.45) is 2.84. The predicted octanol–water partition coefficient (Wildman–Crippen LogP) is 3.73. The van der Waals surface area contributed by atoms with E-state index >= 15 is 0 Å². The Bertz CT molecular complexity index is 1240. The van der Waals surface area contributed by atoms with Crippen molar-refractivity contribution in [2.45, 2.75) is 42.0 Å². The molecule has 2 atom stereocenters. The lowest BCUT2D eigenvalue weighted by Crippen LogP contribution is -2.49. The van der Waals surface area contributed by atoms with Crippen LogP contribution < -0.4 is 9.64 Å². The number of sulfonamides is 1. The van der Waals surface area contributed by atoms with Crippen LogP contribution in [0.2, 0.25) is 0 Å². The number of aromatic nitrogens is 1. The van der Waals surface area contributed by atoms with Crippen LogP contribution in [0.25, 0.3) is 10.2 Å². The van der Waals surface area contributed by atoms with Gasteiger partial charge in [-0.25, -0.2) is 13.4 Å². The number of thiophene rings is 1. The van der Waals surface area contributed by atoms with Crippen LogP contribution in [0.4, 0.5) is 5.13 Å². The molecule has 3 aromatic rings. The first-order valence-electron chi connectivity index (χ1n) is 10.9. The van der Waals surface area contributed by atoms with E-state index in [1.807, 2.05) is 18.2 Å². The number of nitrogens with zero attached hydrogens (tertiary/aromatic N) is 3. The molecule has 2 fully saturated rings. The molecule has 176 valence electrons. The van der Waals surface area contributed by atoms with Crippen LogP contribution in [-0.2, 0) is 19.6 Å². The molecule has 0 saturated carbocycles. The molecule has 0 aliphatic carbocycles. The van der Waals surface area contributed by atoms with Crippen molar-refractivity contribution in [1.29, 1.82) is 0 Å². The second-order valence-electron chi connectivity index (χ2n) is 8.09. The van der Waals surface area contributed by atoms with Crippen LogP contribution in [0.5, 0.6) is 5.75 Å². The highest BCUT2D eigenvalue weighted by Gasteiger charge is 2.43. The largest absolute Gasteiger partial charge is 0.494 e. The van der Waals surface area contributed by atoms with Gasteiger partial charge < -0.3 is 9.47 Å². The molecule has 0 radical (unpaired) electrons. The van der Waals surface area contributed by atoms with Crippen molar-refractivity contribution in [3.05, 3.63) is 35.7 Å². The van der Waals surface area contributed by atoms with E-state index in [0.29, 0.717) is 48.9 Å². The van der Waals surface area contributed by atoms with Gasteiger partial charge in [0.2, 0.25) is 5.91 Å². The monoisotopic (exact) mass is 507 g/mol. The zero-order valence-electron chi connectivity index (χ0n) is 18.2. The van der Waals surface area contributed by atoms with Crippen LogP contribution in [0.1, 0.15) is 25.7 Å². The molecule has 2 aliphatic heterocycles. The predicted molar refractivity (Wildman–Crippen MR) is 129 cm³/mol.